The molecule has 4 heteroatoms. The molecule has 1 aliphatic carbocycles. The zero-order valence-corrected chi connectivity index (χ0v) is 9.87. The zero-order valence-electron chi connectivity index (χ0n) is 9.87. The Kier molecular flexibility index (Phi) is 2.54. The molecule has 0 aliphatic heterocycles. The molecule has 0 amide bonds. The minimum atomic E-state index is 0.360. The molecule has 2 atom stereocenters. The van der Waals surface area contributed by atoms with Crippen LogP contribution in [0.5, 0.6) is 0 Å². The van der Waals surface area contributed by atoms with E-state index in [1.165, 1.54) is 0 Å². The fourth-order valence-corrected chi connectivity index (χ4v) is 1.76. The van der Waals surface area contributed by atoms with Crippen molar-refractivity contribution in [3.05, 3.63) is 11.7 Å². The van der Waals surface area contributed by atoms with E-state index in [0.29, 0.717) is 17.4 Å². The van der Waals surface area contributed by atoms with E-state index < -0.39 is 0 Å². The molecule has 0 spiro atoms. The number of nitrogens with zero attached hydrogens (tertiary/aromatic N) is 2. The van der Waals surface area contributed by atoms with Gasteiger partial charge in [0.25, 0.3) is 0 Å². The van der Waals surface area contributed by atoms with Crippen LogP contribution in [0, 0.1) is 5.41 Å². The maximum absolute atomic E-state index is 5.28. The van der Waals surface area contributed by atoms with Gasteiger partial charge in [0, 0.05) is 18.4 Å². The third-order valence-electron chi connectivity index (χ3n) is 3.28. The largest absolute Gasteiger partial charge is 0.339 e. The second-order valence-electron chi connectivity index (χ2n) is 5.19. The molecule has 1 N–H and O–H groups in total. The van der Waals surface area contributed by atoms with Gasteiger partial charge in [-0.2, -0.15) is 4.98 Å². The van der Waals surface area contributed by atoms with Crippen LogP contribution in [0.25, 0.3) is 0 Å². The van der Waals surface area contributed by atoms with E-state index in [9.17, 15) is 0 Å². The molecule has 0 radical (unpaired) electrons. The predicted molar refractivity (Wildman–Crippen MR) is 57.7 cm³/mol. The van der Waals surface area contributed by atoms with Crippen molar-refractivity contribution in [3.8, 4) is 0 Å². The van der Waals surface area contributed by atoms with Crippen LogP contribution in [0.2, 0.25) is 0 Å². The highest BCUT2D eigenvalue weighted by Gasteiger charge is 2.50. The van der Waals surface area contributed by atoms with Crippen molar-refractivity contribution in [2.75, 3.05) is 7.05 Å². The van der Waals surface area contributed by atoms with Gasteiger partial charge in [-0.1, -0.05) is 19.0 Å². The Bertz CT molecular complexity index is 345. The van der Waals surface area contributed by atoms with Gasteiger partial charge in [0.15, 0.2) is 5.82 Å². The summed E-state index contributed by atoms with van der Waals surface area (Å²) in [6, 6.07) is 0.391. The maximum Gasteiger partial charge on any atom is 0.230 e. The highest BCUT2D eigenvalue weighted by atomic mass is 16.5. The van der Waals surface area contributed by atoms with Gasteiger partial charge >= 0.3 is 0 Å². The van der Waals surface area contributed by atoms with Crippen molar-refractivity contribution in [2.24, 2.45) is 5.41 Å². The van der Waals surface area contributed by atoms with Gasteiger partial charge in [0.1, 0.15) is 0 Å². The van der Waals surface area contributed by atoms with E-state index in [-0.39, 0.29) is 0 Å². The van der Waals surface area contributed by atoms with Crippen molar-refractivity contribution in [2.45, 2.75) is 45.6 Å². The summed E-state index contributed by atoms with van der Waals surface area (Å²) < 4.78 is 5.28. The van der Waals surface area contributed by atoms with Gasteiger partial charge in [-0.25, -0.2) is 0 Å². The molecular weight excluding hydrogens is 190 g/mol. The smallest absolute Gasteiger partial charge is 0.230 e. The quantitative estimate of drug-likeness (QED) is 0.820. The van der Waals surface area contributed by atoms with E-state index in [0.717, 1.165) is 24.6 Å². The van der Waals surface area contributed by atoms with Crippen molar-refractivity contribution in [1.29, 1.82) is 0 Å². The molecule has 2 rings (SSSR count). The number of likely N-dealkylation sites (N-methyl/N-ethyl adjacent to an activating group) is 1. The average Bonchev–Trinajstić information content (AvgIpc) is 2.63. The van der Waals surface area contributed by atoms with E-state index in [4.69, 9.17) is 4.52 Å². The predicted octanol–water partition coefficient (Wildman–Crippen LogP) is 1.73. The van der Waals surface area contributed by atoms with Crippen molar-refractivity contribution in [1.82, 2.24) is 15.5 Å². The van der Waals surface area contributed by atoms with Crippen LogP contribution in [0.3, 0.4) is 0 Å². The number of aromatic nitrogens is 2. The van der Waals surface area contributed by atoms with Crippen LogP contribution in [0.1, 0.15) is 44.8 Å². The standard InChI is InChI=1S/C11H19N3O/c1-7(12-4)5-9-13-10(15-14-9)8-6-11(8,2)3/h7-8,12H,5-6H2,1-4H3/t7?,8-/m1/s1. The fraction of sp³-hybridized carbons (Fsp3) is 0.818. The molecule has 0 aromatic carbocycles. The fourth-order valence-electron chi connectivity index (χ4n) is 1.76. The van der Waals surface area contributed by atoms with Gasteiger partial charge in [0.2, 0.25) is 5.89 Å². The second-order valence-corrected chi connectivity index (χ2v) is 5.19. The molecule has 1 unspecified atom stereocenters. The molecule has 1 aliphatic rings. The Morgan fingerprint density at radius 2 is 2.27 bits per heavy atom. The second kappa shape index (κ2) is 3.59. The number of hydrogen-bond donors (Lipinski definition) is 1. The van der Waals surface area contributed by atoms with Crippen molar-refractivity contribution < 1.29 is 4.52 Å². The van der Waals surface area contributed by atoms with Crippen LogP contribution >= 0.6 is 0 Å². The Balaban J connectivity index is 1.99. The van der Waals surface area contributed by atoms with Gasteiger partial charge in [-0.15, -0.1) is 0 Å². The van der Waals surface area contributed by atoms with Crippen LogP contribution in [-0.4, -0.2) is 23.2 Å². The molecule has 15 heavy (non-hydrogen) atoms. The SMILES string of the molecule is CNC(C)Cc1noc([C@H]2CC2(C)C)n1. The Morgan fingerprint density at radius 3 is 2.80 bits per heavy atom. The van der Waals surface area contributed by atoms with Gasteiger partial charge < -0.3 is 9.84 Å². The maximum atomic E-state index is 5.28. The molecule has 1 heterocycles. The summed E-state index contributed by atoms with van der Waals surface area (Å²) in [7, 11) is 1.94. The van der Waals surface area contributed by atoms with Crippen LogP contribution in [0.4, 0.5) is 0 Å². The summed E-state index contributed by atoms with van der Waals surface area (Å²) in [5, 5.41) is 7.17. The number of nitrogens with one attached hydrogen (secondary N) is 1. The number of hydrogen-bond acceptors (Lipinski definition) is 4. The lowest BCUT2D eigenvalue weighted by molar-refractivity contribution is 0.361. The Hall–Kier alpha value is -0.900. The lowest BCUT2D eigenvalue weighted by Crippen LogP contribution is -2.24. The first-order valence-electron chi connectivity index (χ1n) is 5.52. The lowest BCUT2D eigenvalue weighted by atomic mass is 10.1. The van der Waals surface area contributed by atoms with Crippen molar-refractivity contribution >= 4 is 0 Å². The number of rotatable bonds is 4. The molecule has 0 saturated heterocycles. The van der Waals surface area contributed by atoms with Crippen molar-refractivity contribution in [3.63, 3.8) is 0 Å². The topological polar surface area (TPSA) is 51.0 Å². The van der Waals surface area contributed by atoms with E-state index in [1.54, 1.807) is 0 Å². The first-order valence-corrected chi connectivity index (χ1v) is 5.52. The molecule has 4 nitrogen and oxygen atoms in total. The van der Waals surface area contributed by atoms with E-state index in [2.05, 4.69) is 36.2 Å². The average molecular weight is 209 g/mol. The molecule has 84 valence electrons. The highest BCUT2D eigenvalue weighted by Crippen LogP contribution is 2.57. The lowest BCUT2D eigenvalue weighted by Gasteiger charge is -2.04. The van der Waals surface area contributed by atoms with Gasteiger partial charge in [0.05, 0.1) is 0 Å². The summed E-state index contributed by atoms with van der Waals surface area (Å²) >= 11 is 0. The minimum absolute atomic E-state index is 0.360. The molecular formula is C11H19N3O. The first kappa shape index (κ1) is 10.6. The van der Waals surface area contributed by atoms with Crippen LogP contribution in [0.15, 0.2) is 4.52 Å². The summed E-state index contributed by atoms with van der Waals surface area (Å²) in [6.07, 6.45) is 1.99. The van der Waals surface area contributed by atoms with E-state index in [1.807, 2.05) is 7.05 Å². The zero-order chi connectivity index (χ0) is 11.1. The normalized spacial score (nSPS) is 25.2. The summed E-state index contributed by atoms with van der Waals surface area (Å²) in [6.45, 7) is 6.58. The minimum Gasteiger partial charge on any atom is -0.339 e. The van der Waals surface area contributed by atoms with Crippen LogP contribution in [-0.2, 0) is 6.42 Å². The molecule has 1 saturated carbocycles. The third kappa shape index (κ3) is 2.20. The summed E-state index contributed by atoms with van der Waals surface area (Å²) in [4.78, 5) is 4.44. The van der Waals surface area contributed by atoms with Crippen LogP contribution < -0.4 is 5.32 Å². The van der Waals surface area contributed by atoms with Gasteiger partial charge in [-0.3, -0.25) is 0 Å². The highest BCUT2D eigenvalue weighted by molar-refractivity contribution is 5.13. The monoisotopic (exact) mass is 209 g/mol. The Morgan fingerprint density at radius 1 is 1.60 bits per heavy atom. The molecule has 1 fully saturated rings. The third-order valence-corrected chi connectivity index (χ3v) is 3.28. The Labute approximate surface area is 90.4 Å². The van der Waals surface area contributed by atoms with E-state index >= 15 is 0 Å². The summed E-state index contributed by atoms with van der Waals surface area (Å²) in [5.41, 5.74) is 0.360. The van der Waals surface area contributed by atoms with Gasteiger partial charge in [-0.05, 0) is 25.8 Å². The first-order chi connectivity index (χ1) is 7.03. The molecule has 0 bridgehead atoms. The molecule has 1 aromatic rings. The molecule has 1 aromatic heterocycles. The summed E-state index contributed by atoms with van der Waals surface area (Å²) in [5.74, 6) is 2.11.